The minimum atomic E-state index is -0.773. The molecule has 1 aromatic rings. The van der Waals surface area contributed by atoms with Crippen LogP contribution in [0.4, 0.5) is 0 Å². The summed E-state index contributed by atoms with van der Waals surface area (Å²) in [4.78, 5) is 17.2. The molecule has 1 heterocycles. The largest absolute Gasteiger partial charge is 0.481 e. The topological polar surface area (TPSA) is 53.4 Å². The molecule has 0 aromatic carbocycles. The van der Waals surface area contributed by atoms with Crippen LogP contribution in [0.3, 0.4) is 0 Å². The normalized spacial score (nSPS) is 12.7. The number of carboxylic acid groups (broad SMARTS) is 1. The maximum absolute atomic E-state index is 11.0. The average Bonchev–Trinajstić information content (AvgIpc) is 2.29. The molecule has 0 spiro atoms. The van der Waals surface area contributed by atoms with Gasteiger partial charge in [0.05, 0.1) is 6.42 Å². The van der Waals surface area contributed by atoms with Gasteiger partial charge in [-0.25, -0.2) is 0 Å². The van der Waals surface area contributed by atoms with Crippen molar-refractivity contribution in [1.29, 1.82) is 0 Å². The van der Waals surface area contributed by atoms with Crippen LogP contribution in [0.2, 0.25) is 0 Å². The predicted molar refractivity (Wildman–Crippen MR) is 66.9 cm³/mol. The molecule has 1 rings (SSSR count). The second-order valence-electron chi connectivity index (χ2n) is 4.07. The van der Waals surface area contributed by atoms with E-state index >= 15 is 0 Å². The molecule has 0 aliphatic heterocycles. The minimum Gasteiger partial charge on any atom is -0.481 e. The van der Waals surface area contributed by atoms with Crippen molar-refractivity contribution in [2.45, 2.75) is 33.2 Å². The lowest BCUT2D eigenvalue weighted by atomic mass is 9.99. The van der Waals surface area contributed by atoms with Crippen molar-refractivity contribution < 1.29 is 9.90 Å². The van der Waals surface area contributed by atoms with E-state index in [9.17, 15) is 4.79 Å². The van der Waals surface area contributed by atoms with Crippen molar-refractivity contribution >= 4 is 5.97 Å². The second-order valence-corrected chi connectivity index (χ2v) is 4.07. The maximum Gasteiger partial charge on any atom is 0.305 e. The van der Waals surface area contributed by atoms with Gasteiger partial charge in [0.25, 0.3) is 0 Å². The minimum absolute atomic E-state index is 0.0869. The molecule has 0 bridgehead atoms. The van der Waals surface area contributed by atoms with E-state index in [1.807, 2.05) is 26.8 Å². The van der Waals surface area contributed by atoms with Gasteiger partial charge in [0.2, 0.25) is 0 Å². The second kappa shape index (κ2) is 6.35. The van der Waals surface area contributed by atoms with Crippen LogP contribution in [0.5, 0.6) is 0 Å². The van der Waals surface area contributed by atoms with Crippen molar-refractivity contribution in [3.05, 3.63) is 29.6 Å². The first-order valence-electron chi connectivity index (χ1n) is 5.96. The number of aliphatic carboxylic acids is 1. The fourth-order valence-corrected chi connectivity index (χ4v) is 2.09. The summed E-state index contributed by atoms with van der Waals surface area (Å²) in [6, 6.07) is 1.84. The quantitative estimate of drug-likeness (QED) is 0.823. The summed E-state index contributed by atoms with van der Waals surface area (Å²) in [5.41, 5.74) is 2.11. The fourth-order valence-electron chi connectivity index (χ4n) is 2.09. The summed E-state index contributed by atoms with van der Waals surface area (Å²) in [5.74, 6) is -0.773. The van der Waals surface area contributed by atoms with Gasteiger partial charge in [-0.15, -0.1) is 0 Å². The van der Waals surface area contributed by atoms with Crippen LogP contribution < -0.4 is 0 Å². The van der Waals surface area contributed by atoms with Gasteiger partial charge in [-0.1, -0.05) is 13.8 Å². The maximum atomic E-state index is 11.0. The molecule has 94 valence electrons. The van der Waals surface area contributed by atoms with Gasteiger partial charge in [-0.05, 0) is 37.2 Å². The SMILES string of the molecule is CCN(CC)C(CC(=O)O)c1cnccc1C. The van der Waals surface area contributed by atoms with Crippen molar-refractivity contribution in [2.75, 3.05) is 13.1 Å². The number of carbonyl (C=O) groups is 1. The molecule has 1 N–H and O–H groups in total. The third-order valence-electron chi connectivity index (χ3n) is 3.06. The van der Waals surface area contributed by atoms with Crippen LogP contribution in [0, 0.1) is 6.92 Å². The molecule has 4 nitrogen and oxygen atoms in total. The van der Waals surface area contributed by atoms with Gasteiger partial charge >= 0.3 is 5.97 Å². The Kier molecular flexibility index (Phi) is 5.10. The van der Waals surface area contributed by atoms with Crippen LogP contribution in [0.15, 0.2) is 18.5 Å². The highest BCUT2D eigenvalue weighted by Crippen LogP contribution is 2.26. The molecule has 4 heteroatoms. The summed E-state index contributed by atoms with van der Waals surface area (Å²) in [6.45, 7) is 7.76. The lowest BCUT2D eigenvalue weighted by Gasteiger charge is -2.29. The van der Waals surface area contributed by atoms with Gasteiger partial charge in [0, 0.05) is 18.4 Å². The number of hydrogen-bond donors (Lipinski definition) is 1. The van der Waals surface area contributed by atoms with Crippen LogP contribution in [0.1, 0.15) is 37.4 Å². The number of pyridine rings is 1. The van der Waals surface area contributed by atoms with E-state index in [0.29, 0.717) is 0 Å². The summed E-state index contributed by atoms with van der Waals surface area (Å²) in [7, 11) is 0. The third kappa shape index (κ3) is 3.53. The average molecular weight is 236 g/mol. The van der Waals surface area contributed by atoms with E-state index in [1.165, 1.54) is 0 Å². The molecule has 0 fully saturated rings. The first kappa shape index (κ1) is 13.6. The van der Waals surface area contributed by atoms with Crippen molar-refractivity contribution in [3.8, 4) is 0 Å². The lowest BCUT2D eigenvalue weighted by Crippen LogP contribution is -2.30. The highest BCUT2D eigenvalue weighted by molar-refractivity contribution is 5.68. The monoisotopic (exact) mass is 236 g/mol. The zero-order valence-corrected chi connectivity index (χ0v) is 10.7. The molecular formula is C13H20N2O2. The van der Waals surface area contributed by atoms with Gasteiger partial charge < -0.3 is 5.11 Å². The van der Waals surface area contributed by atoms with Crippen LogP contribution in [-0.4, -0.2) is 34.0 Å². The number of aryl methyl sites for hydroxylation is 1. The fraction of sp³-hybridized carbons (Fsp3) is 0.538. The van der Waals surface area contributed by atoms with E-state index in [-0.39, 0.29) is 12.5 Å². The van der Waals surface area contributed by atoms with Gasteiger partial charge in [0.15, 0.2) is 0 Å². The smallest absolute Gasteiger partial charge is 0.305 e. The number of aromatic nitrogens is 1. The first-order chi connectivity index (χ1) is 8.10. The molecule has 0 saturated heterocycles. The van der Waals surface area contributed by atoms with E-state index in [2.05, 4.69) is 9.88 Å². The van der Waals surface area contributed by atoms with Crippen molar-refractivity contribution in [2.24, 2.45) is 0 Å². The van der Waals surface area contributed by atoms with E-state index in [0.717, 1.165) is 24.2 Å². The number of nitrogens with zero attached hydrogens (tertiary/aromatic N) is 2. The van der Waals surface area contributed by atoms with Gasteiger partial charge in [-0.3, -0.25) is 14.7 Å². The highest BCUT2D eigenvalue weighted by atomic mass is 16.4. The molecule has 1 unspecified atom stereocenters. The highest BCUT2D eigenvalue weighted by Gasteiger charge is 2.22. The number of hydrogen-bond acceptors (Lipinski definition) is 3. The van der Waals surface area contributed by atoms with E-state index in [1.54, 1.807) is 12.4 Å². The lowest BCUT2D eigenvalue weighted by molar-refractivity contribution is -0.138. The zero-order chi connectivity index (χ0) is 12.8. The van der Waals surface area contributed by atoms with E-state index < -0.39 is 5.97 Å². The molecule has 0 aliphatic rings. The Hall–Kier alpha value is -1.42. The summed E-state index contributed by atoms with van der Waals surface area (Å²) in [5, 5.41) is 9.03. The standard InChI is InChI=1S/C13H20N2O2/c1-4-15(5-2)12(8-13(16)17)11-9-14-7-6-10(11)3/h6-7,9,12H,4-5,8H2,1-3H3,(H,16,17). The van der Waals surface area contributed by atoms with Crippen molar-refractivity contribution in [3.63, 3.8) is 0 Å². The Morgan fingerprint density at radius 3 is 2.59 bits per heavy atom. The van der Waals surface area contributed by atoms with E-state index in [4.69, 9.17) is 5.11 Å². The predicted octanol–water partition coefficient (Wildman–Crippen LogP) is 2.25. The Labute approximate surface area is 102 Å². The Morgan fingerprint density at radius 2 is 2.12 bits per heavy atom. The zero-order valence-electron chi connectivity index (χ0n) is 10.7. The summed E-state index contributed by atoms with van der Waals surface area (Å²) >= 11 is 0. The first-order valence-corrected chi connectivity index (χ1v) is 5.96. The molecule has 0 saturated carbocycles. The summed E-state index contributed by atoms with van der Waals surface area (Å²) < 4.78 is 0. The third-order valence-corrected chi connectivity index (χ3v) is 3.06. The van der Waals surface area contributed by atoms with Crippen LogP contribution in [0.25, 0.3) is 0 Å². The Morgan fingerprint density at radius 1 is 1.47 bits per heavy atom. The van der Waals surface area contributed by atoms with Crippen molar-refractivity contribution in [1.82, 2.24) is 9.88 Å². The Balaban J connectivity index is 3.05. The van der Waals surface area contributed by atoms with Gasteiger partial charge in [0.1, 0.15) is 0 Å². The molecule has 17 heavy (non-hydrogen) atoms. The Bertz CT molecular complexity index is 375. The molecule has 1 aromatic heterocycles. The van der Waals surface area contributed by atoms with Crippen LogP contribution in [-0.2, 0) is 4.79 Å². The molecule has 0 radical (unpaired) electrons. The van der Waals surface area contributed by atoms with Crippen LogP contribution >= 0.6 is 0 Å². The molecule has 1 atom stereocenters. The number of rotatable bonds is 6. The molecule has 0 amide bonds. The number of carboxylic acids is 1. The summed E-state index contributed by atoms with van der Waals surface area (Å²) in [6.07, 6.45) is 3.63. The molecular weight excluding hydrogens is 216 g/mol. The van der Waals surface area contributed by atoms with Gasteiger partial charge in [-0.2, -0.15) is 0 Å². The molecule has 0 aliphatic carbocycles.